The zero-order valence-electron chi connectivity index (χ0n) is 12.9. The Morgan fingerprint density at radius 2 is 1.82 bits per heavy atom. The SMILES string of the molecule is CN(C)C(=NCc1ccnc(OCC(F)(F)F)c1)N(C)C.I. The molecule has 1 aromatic rings. The molecule has 5 nitrogen and oxygen atoms in total. The summed E-state index contributed by atoms with van der Waals surface area (Å²) in [6, 6.07) is 3.14. The number of ether oxygens (including phenoxy) is 1. The molecule has 0 aromatic carbocycles. The maximum atomic E-state index is 12.1. The van der Waals surface area contributed by atoms with E-state index in [9.17, 15) is 13.2 Å². The maximum absolute atomic E-state index is 12.1. The number of hydrogen-bond donors (Lipinski definition) is 0. The summed E-state index contributed by atoms with van der Waals surface area (Å²) in [6.07, 6.45) is -2.97. The van der Waals surface area contributed by atoms with Gasteiger partial charge >= 0.3 is 6.18 Å². The van der Waals surface area contributed by atoms with E-state index in [0.29, 0.717) is 6.54 Å². The topological polar surface area (TPSA) is 41.0 Å². The lowest BCUT2D eigenvalue weighted by atomic mass is 10.3. The van der Waals surface area contributed by atoms with E-state index in [2.05, 4.69) is 14.7 Å². The number of aliphatic imine (C=N–C) groups is 1. The third-order valence-corrected chi connectivity index (χ3v) is 2.39. The van der Waals surface area contributed by atoms with Crippen LogP contribution in [0.1, 0.15) is 5.56 Å². The number of aromatic nitrogens is 1. The van der Waals surface area contributed by atoms with Gasteiger partial charge in [-0.15, -0.1) is 24.0 Å². The summed E-state index contributed by atoms with van der Waals surface area (Å²) in [5, 5.41) is 0. The van der Waals surface area contributed by atoms with Crippen LogP contribution < -0.4 is 4.74 Å². The Labute approximate surface area is 145 Å². The quantitative estimate of drug-likeness (QED) is 0.417. The van der Waals surface area contributed by atoms with E-state index in [0.717, 1.165) is 11.5 Å². The van der Waals surface area contributed by atoms with Crippen LogP contribution in [0.15, 0.2) is 23.3 Å². The first-order chi connectivity index (χ1) is 9.69. The van der Waals surface area contributed by atoms with Crippen molar-refractivity contribution in [1.29, 1.82) is 0 Å². The molecule has 0 aliphatic rings. The number of pyridine rings is 1. The van der Waals surface area contributed by atoms with Crippen LogP contribution in [0, 0.1) is 0 Å². The van der Waals surface area contributed by atoms with Crippen molar-refractivity contribution in [1.82, 2.24) is 14.8 Å². The molecule has 9 heteroatoms. The minimum atomic E-state index is -4.38. The van der Waals surface area contributed by atoms with E-state index < -0.39 is 12.8 Å². The minimum absolute atomic E-state index is 0. The molecule has 0 aliphatic heterocycles. The second-order valence-electron chi connectivity index (χ2n) is 4.81. The van der Waals surface area contributed by atoms with Gasteiger partial charge in [-0.05, 0) is 11.6 Å². The predicted octanol–water partition coefficient (Wildman–Crippen LogP) is 2.62. The van der Waals surface area contributed by atoms with Crippen molar-refractivity contribution in [2.75, 3.05) is 34.8 Å². The van der Waals surface area contributed by atoms with Gasteiger partial charge in [-0.3, -0.25) is 0 Å². The van der Waals surface area contributed by atoms with Crippen molar-refractivity contribution in [2.45, 2.75) is 12.7 Å². The lowest BCUT2D eigenvalue weighted by molar-refractivity contribution is -0.154. The number of rotatable bonds is 4. The molecule has 0 bridgehead atoms. The fourth-order valence-corrected chi connectivity index (χ4v) is 1.63. The van der Waals surface area contributed by atoms with Crippen LogP contribution in [0.3, 0.4) is 0 Å². The summed E-state index contributed by atoms with van der Waals surface area (Å²) in [5.74, 6) is 0.695. The molecule has 0 unspecified atom stereocenters. The van der Waals surface area contributed by atoms with E-state index in [1.165, 1.54) is 12.3 Å². The maximum Gasteiger partial charge on any atom is 0.422 e. The van der Waals surface area contributed by atoms with Crippen LogP contribution in [-0.2, 0) is 6.54 Å². The standard InChI is InChI=1S/C13H19F3N4O.HI/c1-19(2)12(20(3)4)18-8-10-5-6-17-11(7-10)21-9-13(14,15)16;/h5-7H,8-9H2,1-4H3;1H. The fourth-order valence-electron chi connectivity index (χ4n) is 1.63. The number of alkyl halides is 3. The lowest BCUT2D eigenvalue weighted by Gasteiger charge is -2.22. The summed E-state index contributed by atoms with van der Waals surface area (Å²) in [7, 11) is 7.46. The summed E-state index contributed by atoms with van der Waals surface area (Å²) >= 11 is 0. The highest BCUT2D eigenvalue weighted by molar-refractivity contribution is 14.0. The van der Waals surface area contributed by atoms with Gasteiger partial charge in [0.2, 0.25) is 5.88 Å². The van der Waals surface area contributed by atoms with Crippen molar-refractivity contribution in [2.24, 2.45) is 4.99 Å². The van der Waals surface area contributed by atoms with Gasteiger partial charge in [0.15, 0.2) is 12.6 Å². The Hall–Kier alpha value is -1.26. The van der Waals surface area contributed by atoms with E-state index in [4.69, 9.17) is 0 Å². The van der Waals surface area contributed by atoms with Crippen LogP contribution >= 0.6 is 24.0 Å². The summed E-state index contributed by atoms with van der Waals surface area (Å²) in [6.45, 7) is -1.02. The third-order valence-electron chi connectivity index (χ3n) is 2.39. The molecule has 0 fully saturated rings. The second kappa shape index (κ2) is 9.01. The van der Waals surface area contributed by atoms with Crippen LogP contribution in [-0.4, -0.2) is 61.7 Å². The molecule has 1 rings (SSSR count). The van der Waals surface area contributed by atoms with Crippen molar-refractivity contribution in [3.05, 3.63) is 23.9 Å². The second-order valence-corrected chi connectivity index (χ2v) is 4.81. The third kappa shape index (κ3) is 7.66. The monoisotopic (exact) mass is 432 g/mol. The lowest BCUT2D eigenvalue weighted by Crippen LogP contribution is -2.35. The van der Waals surface area contributed by atoms with E-state index in [1.54, 1.807) is 6.07 Å². The van der Waals surface area contributed by atoms with Crippen LogP contribution in [0.4, 0.5) is 13.2 Å². The molecule has 0 saturated carbocycles. The Bertz CT molecular complexity index is 482. The molecule has 22 heavy (non-hydrogen) atoms. The first-order valence-electron chi connectivity index (χ1n) is 6.22. The smallest absolute Gasteiger partial charge is 0.422 e. The number of nitrogens with zero attached hydrogens (tertiary/aromatic N) is 4. The molecule has 0 atom stereocenters. The molecule has 0 saturated heterocycles. The Balaban J connectivity index is 0.00000441. The van der Waals surface area contributed by atoms with Crippen LogP contribution in [0.2, 0.25) is 0 Å². The molecule has 0 spiro atoms. The van der Waals surface area contributed by atoms with Crippen LogP contribution in [0.5, 0.6) is 5.88 Å². The molecule has 0 aliphatic carbocycles. The first kappa shape index (κ1) is 20.7. The highest BCUT2D eigenvalue weighted by atomic mass is 127. The predicted molar refractivity (Wildman–Crippen MR) is 89.7 cm³/mol. The minimum Gasteiger partial charge on any atom is -0.468 e. The highest BCUT2D eigenvalue weighted by Crippen LogP contribution is 2.17. The van der Waals surface area contributed by atoms with Gasteiger partial charge < -0.3 is 14.5 Å². The largest absolute Gasteiger partial charge is 0.468 e. The van der Waals surface area contributed by atoms with Gasteiger partial charge in [-0.1, -0.05) is 0 Å². The van der Waals surface area contributed by atoms with Gasteiger partial charge in [-0.2, -0.15) is 13.2 Å². The first-order valence-corrected chi connectivity index (χ1v) is 6.22. The van der Waals surface area contributed by atoms with Crippen LogP contribution in [0.25, 0.3) is 0 Å². The Morgan fingerprint density at radius 1 is 1.23 bits per heavy atom. The number of halogens is 4. The Morgan fingerprint density at radius 3 is 2.32 bits per heavy atom. The van der Waals surface area contributed by atoms with Gasteiger partial charge in [0, 0.05) is 40.5 Å². The molecular formula is C13H20F3IN4O. The van der Waals surface area contributed by atoms with E-state index >= 15 is 0 Å². The zero-order chi connectivity index (χ0) is 16.0. The summed E-state index contributed by atoms with van der Waals surface area (Å²) in [4.78, 5) is 11.9. The summed E-state index contributed by atoms with van der Waals surface area (Å²) < 4.78 is 40.9. The van der Waals surface area contributed by atoms with Gasteiger partial charge in [0.25, 0.3) is 0 Å². The average molecular weight is 432 g/mol. The fraction of sp³-hybridized carbons (Fsp3) is 0.538. The van der Waals surface area contributed by atoms with Gasteiger partial charge in [-0.25, -0.2) is 9.98 Å². The number of guanidine groups is 1. The van der Waals surface area contributed by atoms with Gasteiger partial charge in [0.1, 0.15) is 0 Å². The van der Waals surface area contributed by atoms with E-state index in [1.807, 2.05) is 38.0 Å². The van der Waals surface area contributed by atoms with Crippen molar-refractivity contribution < 1.29 is 17.9 Å². The highest BCUT2D eigenvalue weighted by Gasteiger charge is 2.28. The molecule has 1 aromatic heterocycles. The molecule has 126 valence electrons. The van der Waals surface area contributed by atoms with Crippen molar-refractivity contribution >= 4 is 29.9 Å². The van der Waals surface area contributed by atoms with Gasteiger partial charge in [0.05, 0.1) is 6.54 Å². The molecular weight excluding hydrogens is 412 g/mol. The Kier molecular flexibility index (Phi) is 8.49. The average Bonchev–Trinajstić information content (AvgIpc) is 2.35. The summed E-state index contributed by atoms with van der Waals surface area (Å²) in [5.41, 5.74) is 0.725. The van der Waals surface area contributed by atoms with E-state index in [-0.39, 0.29) is 29.9 Å². The van der Waals surface area contributed by atoms with Crippen molar-refractivity contribution in [3.8, 4) is 5.88 Å². The zero-order valence-corrected chi connectivity index (χ0v) is 15.2. The molecule has 0 amide bonds. The normalized spacial score (nSPS) is 10.5. The molecule has 0 N–H and O–H groups in total. The molecule has 1 heterocycles. The van der Waals surface area contributed by atoms with Crippen molar-refractivity contribution in [3.63, 3.8) is 0 Å². The number of hydrogen-bond acceptors (Lipinski definition) is 3. The molecule has 0 radical (unpaired) electrons.